The summed E-state index contributed by atoms with van der Waals surface area (Å²) < 4.78 is 25.2. The molecule has 0 unspecified atom stereocenters. The number of carbonyl (C=O) groups excluding carboxylic acids is 1. The Labute approximate surface area is 188 Å². The van der Waals surface area contributed by atoms with Crippen LogP contribution in [0.2, 0.25) is 0 Å². The van der Waals surface area contributed by atoms with Gasteiger partial charge in [0.25, 0.3) is 5.91 Å². The molecule has 1 aliphatic heterocycles. The first-order valence-electron chi connectivity index (χ1n) is 9.81. The van der Waals surface area contributed by atoms with Crippen molar-refractivity contribution in [2.24, 2.45) is 5.92 Å². The van der Waals surface area contributed by atoms with E-state index in [9.17, 15) is 14.0 Å². The number of amides is 1. The highest BCUT2D eigenvalue weighted by Crippen LogP contribution is 2.39. The zero-order chi connectivity index (χ0) is 22.1. The van der Waals surface area contributed by atoms with E-state index in [0.717, 1.165) is 0 Å². The van der Waals surface area contributed by atoms with Gasteiger partial charge in [0.05, 0.1) is 17.9 Å². The van der Waals surface area contributed by atoms with E-state index >= 15 is 0 Å². The first-order chi connectivity index (χ1) is 14.9. The molecule has 31 heavy (non-hydrogen) atoms. The van der Waals surface area contributed by atoms with Gasteiger partial charge in [0.1, 0.15) is 15.8 Å². The Hall–Kier alpha value is -2.65. The van der Waals surface area contributed by atoms with E-state index in [1.54, 1.807) is 29.2 Å². The van der Waals surface area contributed by atoms with Gasteiger partial charge >= 0.3 is 5.97 Å². The average molecular weight is 462 g/mol. The fraction of sp³-hybridized carbons (Fsp3) is 0.318. The number of rotatable bonds is 5. The van der Waals surface area contributed by atoms with Crippen molar-refractivity contribution in [3.63, 3.8) is 0 Å². The van der Waals surface area contributed by atoms with E-state index in [1.807, 2.05) is 0 Å². The number of hydrogen-bond acceptors (Lipinski definition) is 6. The van der Waals surface area contributed by atoms with Crippen molar-refractivity contribution in [1.82, 2.24) is 4.90 Å². The van der Waals surface area contributed by atoms with Crippen molar-refractivity contribution in [2.45, 2.75) is 31.7 Å². The molecule has 2 aliphatic rings. The molecule has 0 spiro atoms. The number of aliphatic carboxylic acids is 1. The molecule has 1 N–H and O–H groups in total. The van der Waals surface area contributed by atoms with Gasteiger partial charge in [0.2, 0.25) is 0 Å². The molecule has 0 atom stereocenters. The van der Waals surface area contributed by atoms with Crippen molar-refractivity contribution < 1.29 is 28.2 Å². The lowest BCUT2D eigenvalue weighted by Gasteiger charge is -2.32. The molecule has 0 bridgehead atoms. The van der Waals surface area contributed by atoms with Gasteiger partial charge in [0, 0.05) is 17.7 Å². The summed E-state index contributed by atoms with van der Waals surface area (Å²) in [6.07, 6.45) is 3.94. The number of halogens is 1. The van der Waals surface area contributed by atoms with E-state index in [0.29, 0.717) is 52.0 Å². The largest absolute Gasteiger partial charge is 0.494 e. The van der Waals surface area contributed by atoms with Crippen LogP contribution in [-0.2, 0) is 9.59 Å². The van der Waals surface area contributed by atoms with E-state index in [1.165, 1.54) is 31.0 Å². The first kappa shape index (κ1) is 21.6. The fourth-order valence-corrected chi connectivity index (χ4v) is 5.29. The standard InChI is InChI=1S/C22H20FNO5S2/c1-28-18-8-4-13(10-16(18)23)17-9-7-15(29-17)11-19-20(25)24(22(30)31-19)14-5-2-12(3-6-14)21(26)27/h4,7-12,14H,2-3,5-6H2,1H3,(H,26,27)/b19-11+. The summed E-state index contributed by atoms with van der Waals surface area (Å²) in [5.74, 6) is -0.740. The van der Waals surface area contributed by atoms with Crippen LogP contribution in [0.25, 0.3) is 17.4 Å². The molecular formula is C22H20FNO5S2. The van der Waals surface area contributed by atoms with Gasteiger partial charge in [-0.2, -0.15) is 0 Å². The molecule has 6 nitrogen and oxygen atoms in total. The molecule has 1 saturated carbocycles. The lowest BCUT2D eigenvalue weighted by molar-refractivity contribution is -0.143. The van der Waals surface area contributed by atoms with Crippen molar-refractivity contribution in [3.05, 3.63) is 46.8 Å². The van der Waals surface area contributed by atoms with Crippen molar-refractivity contribution in [1.29, 1.82) is 0 Å². The van der Waals surface area contributed by atoms with Gasteiger partial charge in [-0.1, -0.05) is 24.0 Å². The minimum atomic E-state index is -0.783. The molecule has 1 amide bonds. The number of carboxylic acid groups (broad SMARTS) is 1. The molecular weight excluding hydrogens is 441 g/mol. The van der Waals surface area contributed by atoms with Gasteiger partial charge in [-0.25, -0.2) is 4.39 Å². The normalized spacial score (nSPS) is 22.9. The van der Waals surface area contributed by atoms with Crippen LogP contribution in [0.4, 0.5) is 4.39 Å². The molecule has 1 saturated heterocycles. The number of thiocarbonyl (C=S) groups is 1. The Morgan fingerprint density at radius 2 is 2.03 bits per heavy atom. The number of hydrogen-bond donors (Lipinski definition) is 1. The van der Waals surface area contributed by atoms with Crippen LogP contribution in [0.5, 0.6) is 5.75 Å². The second kappa shape index (κ2) is 8.84. The quantitative estimate of drug-likeness (QED) is 0.499. The molecule has 2 aromatic rings. The van der Waals surface area contributed by atoms with Crippen molar-refractivity contribution >= 4 is 46.3 Å². The SMILES string of the molecule is COc1ccc(-c2ccc(/C=C3/SC(=S)N(C4CCC(C(=O)O)CC4)C3=O)o2)cc1F. The smallest absolute Gasteiger partial charge is 0.306 e. The maximum atomic E-state index is 14.0. The molecule has 1 aromatic carbocycles. The molecule has 1 aromatic heterocycles. The van der Waals surface area contributed by atoms with Gasteiger partial charge in [-0.3, -0.25) is 14.5 Å². The third-order valence-corrected chi connectivity index (χ3v) is 6.90. The second-order valence-corrected chi connectivity index (χ2v) is 9.12. The third-order valence-electron chi connectivity index (χ3n) is 5.57. The van der Waals surface area contributed by atoms with Crippen LogP contribution >= 0.6 is 24.0 Å². The average Bonchev–Trinajstić information content (AvgIpc) is 3.32. The van der Waals surface area contributed by atoms with Crippen LogP contribution < -0.4 is 4.74 Å². The fourth-order valence-electron chi connectivity index (χ4n) is 3.91. The summed E-state index contributed by atoms with van der Waals surface area (Å²) >= 11 is 6.63. The van der Waals surface area contributed by atoms with Gasteiger partial charge in [0.15, 0.2) is 11.6 Å². The van der Waals surface area contributed by atoms with Crippen LogP contribution in [0.15, 0.2) is 39.7 Å². The van der Waals surface area contributed by atoms with Crippen LogP contribution in [0, 0.1) is 11.7 Å². The molecule has 4 rings (SSSR count). The summed E-state index contributed by atoms with van der Waals surface area (Å²) in [4.78, 5) is 26.2. The Balaban J connectivity index is 1.49. The number of carbonyl (C=O) groups is 2. The van der Waals surface area contributed by atoms with Crippen molar-refractivity contribution in [2.75, 3.05) is 7.11 Å². The zero-order valence-corrected chi connectivity index (χ0v) is 18.3. The van der Waals surface area contributed by atoms with E-state index in [2.05, 4.69) is 0 Å². The maximum Gasteiger partial charge on any atom is 0.306 e. The lowest BCUT2D eigenvalue weighted by Crippen LogP contribution is -2.41. The van der Waals surface area contributed by atoms with Crippen molar-refractivity contribution in [3.8, 4) is 17.1 Å². The number of thioether (sulfide) groups is 1. The summed E-state index contributed by atoms with van der Waals surface area (Å²) in [6, 6.07) is 7.88. The topological polar surface area (TPSA) is 80.0 Å². The molecule has 9 heteroatoms. The van der Waals surface area contributed by atoms with Gasteiger partial charge < -0.3 is 14.3 Å². The number of benzene rings is 1. The van der Waals surface area contributed by atoms with Gasteiger partial charge in [-0.05, 0) is 56.0 Å². The number of nitrogens with zero attached hydrogens (tertiary/aromatic N) is 1. The number of furan rings is 1. The molecule has 0 radical (unpaired) electrons. The maximum absolute atomic E-state index is 14.0. The lowest BCUT2D eigenvalue weighted by atomic mass is 9.85. The predicted molar refractivity (Wildman–Crippen MR) is 119 cm³/mol. The summed E-state index contributed by atoms with van der Waals surface area (Å²) in [5, 5.41) is 9.17. The Morgan fingerprint density at radius 1 is 1.29 bits per heavy atom. The summed E-state index contributed by atoms with van der Waals surface area (Å²) in [5.41, 5.74) is 0.556. The third kappa shape index (κ3) is 4.38. The number of carboxylic acids is 1. The summed E-state index contributed by atoms with van der Waals surface area (Å²) in [6.45, 7) is 0. The second-order valence-electron chi connectivity index (χ2n) is 7.45. The minimum Gasteiger partial charge on any atom is -0.494 e. The minimum absolute atomic E-state index is 0.0802. The monoisotopic (exact) mass is 461 g/mol. The zero-order valence-electron chi connectivity index (χ0n) is 16.7. The number of ether oxygens (including phenoxy) is 1. The van der Waals surface area contributed by atoms with Gasteiger partial charge in [-0.15, -0.1) is 0 Å². The highest BCUT2D eigenvalue weighted by atomic mass is 32.2. The molecule has 2 fully saturated rings. The Bertz CT molecular complexity index is 1070. The van der Waals surface area contributed by atoms with E-state index in [4.69, 9.17) is 26.5 Å². The number of methoxy groups -OCH3 is 1. The Morgan fingerprint density at radius 3 is 2.68 bits per heavy atom. The van der Waals surface area contributed by atoms with Crippen LogP contribution in [-0.4, -0.2) is 39.4 Å². The van der Waals surface area contributed by atoms with Crippen LogP contribution in [0.3, 0.4) is 0 Å². The highest BCUT2D eigenvalue weighted by molar-refractivity contribution is 8.26. The Kier molecular flexibility index (Phi) is 6.15. The predicted octanol–water partition coefficient (Wildman–Crippen LogP) is 4.94. The highest BCUT2D eigenvalue weighted by Gasteiger charge is 2.39. The summed E-state index contributed by atoms with van der Waals surface area (Å²) in [7, 11) is 1.40. The molecule has 162 valence electrons. The van der Waals surface area contributed by atoms with Crippen LogP contribution in [0.1, 0.15) is 31.4 Å². The first-order valence-corrected chi connectivity index (χ1v) is 11.0. The molecule has 1 aliphatic carbocycles. The molecule has 2 heterocycles. The van der Waals surface area contributed by atoms with E-state index in [-0.39, 0.29) is 23.6 Å². The van der Waals surface area contributed by atoms with E-state index < -0.39 is 11.8 Å².